The second kappa shape index (κ2) is 6.04. The Hall–Kier alpha value is -2.89. The Morgan fingerprint density at radius 3 is 2.57 bits per heavy atom. The maximum atomic E-state index is 11.0. The fourth-order valence-corrected chi connectivity index (χ4v) is 1.94. The summed E-state index contributed by atoms with van der Waals surface area (Å²) >= 11 is 0. The lowest BCUT2D eigenvalue weighted by molar-refractivity contribution is -0.385. The second-order valence-electron chi connectivity index (χ2n) is 4.59. The fourth-order valence-electron chi connectivity index (χ4n) is 1.94. The minimum absolute atomic E-state index is 0.00304. The number of hydrogen-bond acceptors (Lipinski definition) is 5. The van der Waals surface area contributed by atoms with E-state index >= 15 is 0 Å². The Balaban J connectivity index is 2.33. The smallest absolute Gasteiger partial charge is 0.273 e. The highest BCUT2D eigenvalue weighted by Gasteiger charge is 2.18. The zero-order valence-electron chi connectivity index (χ0n) is 11.7. The van der Waals surface area contributed by atoms with E-state index in [2.05, 4.69) is 10.5 Å². The Morgan fingerprint density at radius 1 is 1.29 bits per heavy atom. The number of aromatic hydroxyl groups is 1. The monoisotopic (exact) mass is 285 g/mol. The molecule has 0 saturated heterocycles. The van der Waals surface area contributed by atoms with Crippen LogP contribution in [-0.4, -0.2) is 16.2 Å². The summed E-state index contributed by atoms with van der Waals surface area (Å²) in [5.41, 5.74) is 4.71. The molecule has 0 aliphatic carbocycles. The highest BCUT2D eigenvalue weighted by molar-refractivity contribution is 5.88. The van der Waals surface area contributed by atoms with Crippen LogP contribution in [0.1, 0.15) is 16.7 Å². The Kier molecular flexibility index (Phi) is 4.18. The predicted octanol–water partition coefficient (Wildman–Crippen LogP) is 3.36. The topological polar surface area (TPSA) is 87.8 Å². The molecule has 0 heterocycles. The third-order valence-corrected chi connectivity index (χ3v) is 3.13. The molecule has 2 aromatic rings. The van der Waals surface area contributed by atoms with E-state index in [9.17, 15) is 15.2 Å². The first-order valence-corrected chi connectivity index (χ1v) is 6.32. The molecule has 6 heteroatoms. The molecule has 2 N–H and O–H groups in total. The van der Waals surface area contributed by atoms with E-state index in [-0.39, 0.29) is 11.4 Å². The van der Waals surface area contributed by atoms with E-state index in [4.69, 9.17) is 0 Å². The molecule has 108 valence electrons. The normalized spacial score (nSPS) is 10.8. The molecular formula is C15H15N3O3. The number of phenolic OH excluding ortho intramolecular Hbond substituents is 1. The predicted molar refractivity (Wildman–Crippen MR) is 81.9 cm³/mol. The first-order chi connectivity index (χ1) is 10.0. The molecule has 21 heavy (non-hydrogen) atoms. The van der Waals surface area contributed by atoms with Gasteiger partial charge in [0.2, 0.25) is 0 Å². The maximum absolute atomic E-state index is 11.0. The minimum atomic E-state index is -0.469. The van der Waals surface area contributed by atoms with Crippen molar-refractivity contribution in [2.45, 2.75) is 13.8 Å². The van der Waals surface area contributed by atoms with Gasteiger partial charge in [0.25, 0.3) is 5.69 Å². The van der Waals surface area contributed by atoms with Crippen molar-refractivity contribution in [3.05, 3.63) is 63.2 Å². The Morgan fingerprint density at radius 2 is 1.95 bits per heavy atom. The zero-order chi connectivity index (χ0) is 15.4. The van der Waals surface area contributed by atoms with Crippen LogP contribution in [0.25, 0.3) is 0 Å². The highest BCUT2D eigenvalue weighted by atomic mass is 16.6. The lowest BCUT2D eigenvalue weighted by Gasteiger charge is -2.07. The Labute approximate surface area is 121 Å². The summed E-state index contributed by atoms with van der Waals surface area (Å²) in [7, 11) is 0. The molecule has 0 aliphatic heterocycles. The molecule has 0 fully saturated rings. The number of nitro groups is 1. The fraction of sp³-hybridized carbons (Fsp3) is 0.133. The number of nitrogens with zero attached hydrogens (tertiary/aromatic N) is 2. The summed E-state index contributed by atoms with van der Waals surface area (Å²) in [6.45, 7) is 3.20. The second-order valence-corrected chi connectivity index (χ2v) is 4.59. The first kappa shape index (κ1) is 14.5. The van der Waals surface area contributed by atoms with Gasteiger partial charge in [-0.15, -0.1) is 0 Å². The van der Waals surface area contributed by atoms with Gasteiger partial charge in [0, 0.05) is 17.2 Å². The molecule has 0 radical (unpaired) electrons. The van der Waals surface area contributed by atoms with Gasteiger partial charge in [-0.05, 0) is 31.5 Å². The highest BCUT2D eigenvalue weighted by Crippen LogP contribution is 2.31. The van der Waals surface area contributed by atoms with E-state index < -0.39 is 4.92 Å². The average molecular weight is 285 g/mol. The van der Waals surface area contributed by atoms with E-state index in [0.717, 1.165) is 5.69 Å². The summed E-state index contributed by atoms with van der Waals surface area (Å²) in [6.07, 6.45) is 1.39. The summed E-state index contributed by atoms with van der Waals surface area (Å²) in [5.74, 6) is -0.00304. The van der Waals surface area contributed by atoms with Gasteiger partial charge >= 0.3 is 0 Å². The molecular weight excluding hydrogens is 270 g/mol. The van der Waals surface area contributed by atoms with Gasteiger partial charge in [0.1, 0.15) is 5.75 Å². The largest absolute Gasteiger partial charge is 0.507 e. The van der Waals surface area contributed by atoms with Gasteiger partial charge in [-0.2, -0.15) is 5.10 Å². The van der Waals surface area contributed by atoms with Gasteiger partial charge in [-0.1, -0.05) is 18.2 Å². The van der Waals surface area contributed by atoms with Crippen molar-refractivity contribution in [3.63, 3.8) is 0 Å². The van der Waals surface area contributed by atoms with Gasteiger partial charge in [-0.3, -0.25) is 15.5 Å². The molecule has 0 amide bonds. The quantitative estimate of drug-likeness (QED) is 0.512. The number of para-hydroxylation sites is 1. The van der Waals surface area contributed by atoms with Crippen LogP contribution in [0.4, 0.5) is 11.4 Å². The van der Waals surface area contributed by atoms with E-state index in [1.807, 2.05) is 30.3 Å². The number of nitrogens with one attached hydrogen (secondary N) is 1. The van der Waals surface area contributed by atoms with Gasteiger partial charge < -0.3 is 5.11 Å². The number of nitro benzene ring substituents is 1. The van der Waals surface area contributed by atoms with Gasteiger partial charge in [-0.25, -0.2) is 0 Å². The lowest BCUT2D eigenvalue weighted by atomic mass is 10.0. The molecule has 6 nitrogen and oxygen atoms in total. The molecule has 0 bridgehead atoms. The lowest BCUT2D eigenvalue weighted by Crippen LogP contribution is -1.99. The van der Waals surface area contributed by atoms with Gasteiger partial charge in [0.05, 0.1) is 16.8 Å². The minimum Gasteiger partial charge on any atom is -0.507 e. The molecule has 2 rings (SSSR count). The van der Waals surface area contributed by atoms with Crippen LogP contribution in [0.2, 0.25) is 0 Å². The van der Waals surface area contributed by atoms with Crippen LogP contribution in [0.15, 0.2) is 41.5 Å². The van der Waals surface area contributed by atoms with Crippen LogP contribution in [0.3, 0.4) is 0 Å². The Bertz CT molecular complexity index is 697. The van der Waals surface area contributed by atoms with Crippen LogP contribution in [-0.2, 0) is 0 Å². The summed E-state index contributed by atoms with van der Waals surface area (Å²) in [5, 5.41) is 25.1. The SMILES string of the molecule is Cc1cc([N+](=O)[O-])c(C)c(C=NNc2ccccc2)c1O. The molecule has 0 unspecified atom stereocenters. The summed E-state index contributed by atoms with van der Waals surface area (Å²) < 4.78 is 0. The number of phenols is 1. The molecule has 0 atom stereocenters. The summed E-state index contributed by atoms with van der Waals surface area (Å²) in [6, 6.07) is 10.6. The van der Waals surface area contributed by atoms with Crippen molar-refractivity contribution < 1.29 is 10.0 Å². The zero-order valence-corrected chi connectivity index (χ0v) is 11.7. The van der Waals surface area contributed by atoms with Crippen molar-refractivity contribution in [1.29, 1.82) is 0 Å². The first-order valence-electron chi connectivity index (χ1n) is 6.32. The van der Waals surface area contributed by atoms with Crippen molar-refractivity contribution in [2.75, 3.05) is 5.43 Å². The number of anilines is 1. The average Bonchev–Trinajstić information content (AvgIpc) is 2.47. The molecule has 0 saturated carbocycles. The summed E-state index contributed by atoms with van der Waals surface area (Å²) in [4.78, 5) is 10.5. The van der Waals surface area contributed by atoms with E-state index in [1.54, 1.807) is 13.8 Å². The van der Waals surface area contributed by atoms with Crippen molar-refractivity contribution in [2.24, 2.45) is 5.10 Å². The third kappa shape index (κ3) is 3.17. The third-order valence-electron chi connectivity index (χ3n) is 3.13. The molecule has 0 aromatic heterocycles. The van der Waals surface area contributed by atoms with E-state index in [0.29, 0.717) is 16.7 Å². The number of benzene rings is 2. The van der Waals surface area contributed by atoms with Crippen LogP contribution in [0, 0.1) is 24.0 Å². The number of rotatable bonds is 4. The van der Waals surface area contributed by atoms with Crippen molar-refractivity contribution >= 4 is 17.6 Å². The standard InChI is InChI=1S/C15H15N3O3/c1-10-8-14(18(20)21)11(2)13(15(10)19)9-16-17-12-6-4-3-5-7-12/h3-9,17,19H,1-2H3. The van der Waals surface area contributed by atoms with Crippen LogP contribution < -0.4 is 5.43 Å². The number of hydrazone groups is 1. The van der Waals surface area contributed by atoms with Crippen LogP contribution in [0.5, 0.6) is 5.75 Å². The molecule has 0 spiro atoms. The molecule has 2 aromatic carbocycles. The maximum Gasteiger partial charge on any atom is 0.273 e. The van der Waals surface area contributed by atoms with E-state index in [1.165, 1.54) is 12.3 Å². The number of aryl methyl sites for hydroxylation is 1. The molecule has 0 aliphatic rings. The van der Waals surface area contributed by atoms with Gasteiger partial charge in [0.15, 0.2) is 0 Å². The van der Waals surface area contributed by atoms with Crippen molar-refractivity contribution in [1.82, 2.24) is 0 Å². The van der Waals surface area contributed by atoms with Crippen molar-refractivity contribution in [3.8, 4) is 5.75 Å². The van der Waals surface area contributed by atoms with Crippen LogP contribution >= 0.6 is 0 Å². The number of hydrogen-bond donors (Lipinski definition) is 2.